The van der Waals surface area contributed by atoms with Crippen LogP contribution in [0.2, 0.25) is 0 Å². The molecule has 0 heterocycles. The fraction of sp³-hybridized carbons (Fsp3) is 0. The third-order valence-corrected chi connectivity index (χ3v) is 0. The monoisotopic (exact) mass is 221 g/mol. The topological polar surface area (TPSA) is 17.1 Å². The van der Waals surface area contributed by atoms with E-state index in [0.29, 0.717) is 0 Å². The van der Waals surface area contributed by atoms with E-state index in [2.05, 4.69) is 28.6 Å². The normalized spacial score (nSPS) is 5.00. The molecular weight excluding hydrogens is 218 g/mol. The Kier molecular flexibility index (Phi) is 9.52. The van der Waals surface area contributed by atoms with E-state index in [4.69, 9.17) is 0 Å². The van der Waals surface area contributed by atoms with E-state index in [1.165, 1.54) is 0 Å². The van der Waals surface area contributed by atoms with Crippen LogP contribution in [0.3, 0.4) is 0 Å². The molecule has 4 heteroatoms. The van der Waals surface area contributed by atoms with E-state index in [-0.39, 0.29) is 21.1 Å². The first-order valence-corrected chi connectivity index (χ1v) is 1.94. The maximum absolute atomic E-state index is 9.25. The molecule has 0 aliphatic heterocycles. The number of carbonyl (C=O) groups excluding carboxylic acids is 1. The number of carbonyl (C=O) groups is 1. The summed E-state index contributed by atoms with van der Waals surface area (Å²) in [5.74, 6) is 0. The zero-order valence-corrected chi connectivity index (χ0v) is 6.49. The third-order valence-electron chi connectivity index (χ3n) is 0. The van der Waals surface area contributed by atoms with Crippen LogP contribution in [0.15, 0.2) is 0 Å². The molecule has 0 aromatic heterocycles. The molecule has 0 saturated heterocycles. The van der Waals surface area contributed by atoms with E-state index >= 15 is 0 Å². The van der Waals surface area contributed by atoms with E-state index in [1.807, 2.05) is 0 Å². The van der Waals surface area contributed by atoms with Gasteiger partial charge >= 0.3 is 37.4 Å². The average molecular weight is 219 g/mol. The van der Waals surface area contributed by atoms with E-state index < -0.39 is 0 Å². The molecule has 0 amide bonds. The van der Waals surface area contributed by atoms with Crippen molar-refractivity contribution in [2.75, 3.05) is 0 Å². The maximum atomic E-state index is 9.25. The smallest absolute Gasteiger partial charge is 0 e. The summed E-state index contributed by atoms with van der Waals surface area (Å²) >= 11 is 5.40. The van der Waals surface area contributed by atoms with Gasteiger partial charge in [0.15, 0.2) is 0 Å². The fourth-order valence-electron chi connectivity index (χ4n) is 0. The van der Waals surface area contributed by atoms with Gasteiger partial charge in [-0.25, -0.2) is 0 Å². The van der Waals surface area contributed by atoms with Crippen LogP contribution in [-0.2, 0) is 0 Å². The largest absolute Gasteiger partial charge is 0 e. The summed E-state index contributed by atoms with van der Waals surface area (Å²) in [4.78, 5) is 9.25. The Labute approximate surface area is 54.6 Å². The average Bonchev–Trinajstić information content (AvgIpc) is 0.811. The first kappa shape index (κ1) is 9.41. The van der Waals surface area contributed by atoms with Gasteiger partial charge in [0.1, 0.15) is 0 Å². The Morgan fingerprint density at radius 1 is 1.80 bits per heavy atom. The number of rotatable bonds is 0. The van der Waals surface area contributed by atoms with Gasteiger partial charge in [-0.3, -0.25) is 0 Å². The van der Waals surface area contributed by atoms with Gasteiger partial charge in [-0.1, -0.05) is 0 Å². The van der Waals surface area contributed by atoms with Gasteiger partial charge in [-0.15, -0.1) is 0 Å². The van der Waals surface area contributed by atoms with Gasteiger partial charge in [0.05, 0.1) is 0 Å². The van der Waals surface area contributed by atoms with Crippen LogP contribution in [0.5, 0.6) is 0 Å². The van der Waals surface area contributed by atoms with E-state index in [1.54, 1.807) is 0 Å². The van der Waals surface area contributed by atoms with E-state index in [0.717, 1.165) is 0 Å². The number of hydrogen-bond acceptors (Lipinski definition) is 1. The molecule has 0 aromatic carbocycles. The first-order chi connectivity index (χ1) is 1.73. The molecule has 0 aliphatic rings. The van der Waals surface area contributed by atoms with Crippen LogP contribution < -0.4 is 0 Å². The van der Waals surface area contributed by atoms with Crippen molar-refractivity contribution < 1.29 is 4.79 Å². The minimum absolute atomic E-state index is 0. The molecule has 0 aromatic rings. The summed E-state index contributed by atoms with van der Waals surface area (Å²) in [5.41, 5.74) is 0. The molecule has 5 heavy (non-hydrogen) atoms. The Morgan fingerprint density at radius 2 is 1.80 bits per heavy atom. The van der Waals surface area contributed by atoms with Crippen molar-refractivity contribution in [2.45, 2.75) is 0 Å². The second-order valence-electron chi connectivity index (χ2n) is 0.266. The molecule has 0 spiro atoms. The van der Waals surface area contributed by atoms with Crippen molar-refractivity contribution in [3.63, 3.8) is 0 Å². The maximum Gasteiger partial charge on any atom is 0 e. The first-order valence-electron chi connectivity index (χ1n) is 0.632. The van der Waals surface area contributed by atoms with Gasteiger partial charge in [0.25, 0.3) is 0 Å². The van der Waals surface area contributed by atoms with E-state index in [9.17, 15) is 4.79 Å². The van der Waals surface area contributed by atoms with Gasteiger partial charge in [-0.05, 0) is 0 Å². The third kappa shape index (κ3) is 42.2. The number of thiol groups is 1. The van der Waals surface area contributed by atoms with Gasteiger partial charge in [0.2, 0.25) is 0 Å². The fourth-order valence-corrected chi connectivity index (χ4v) is 0. The molecule has 29 valence electrons. The Morgan fingerprint density at radius 3 is 1.80 bits per heavy atom. The Balaban J connectivity index is 0. The van der Waals surface area contributed by atoms with Crippen LogP contribution >= 0.6 is 12.6 Å². The number of hydrogen-bond donors (Lipinski definition) is 1. The van der Waals surface area contributed by atoms with Crippen molar-refractivity contribution >= 4 is 49.7 Å². The SMILES string of the molecule is O=C(S)[Se].[Se]. The van der Waals surface area contributed by atoms with Crippen molar-refractivity contribution in [3.05, 3.63) is 0 Å². The molecule has 0 aliphatic carbocycles. The molecule has 0 N–H and O–H groups in total. The van der Waals surface area contributed by atoms with Crippen LogP contribution in [0.4, 0.5) is 4.79 Å². The minimum Gasteiger partial charge on any atom is 0 e. The zero-order valence-electron chi connectivity index (χ0n) is 2.17. The van der Waals surface area contributed by atoms with Gasteiger partial charge in [0, 0.05) is 17.1 Å². The van der Waals surface area contributed by atoms with Crippen LogP contribution in [0, 0.1) is 0 Å². The molecule has 0 rings (SSSR count). The van der Waals surface area contributed by atoms with Crippen LogP contribution in [0.1, 0.15) is 0 Å². The van der Waals surface area contributed by atoms with Crippen molar-refractivity contribution in [3.8, 4) is 0 Å². The van der Waals surface area contributed by atoms with Crippen LogP contribution in [-0.4, -0.2) is 37.1 Å². The quantitative estimate of drug-likeness (QED) is 0.442. The molecular formula is CHOSSe2. The van der Waals surface area contributed by atoms with Crippen molar-refractivity contribution in [1.82, 2.24) is 0 Å². The minimum atomic E-state index is -0.264. The van der Waals surface area contributed by atoms with Crippen molar-refractivity contribution in [2.24, 2.45) is 0 Å². The predicted molar refractivity (Wildman–Crippen MR) is 25.9 cm³/mol. The summed E-state index contributed by atoms with van der Waals surface area (Å²) in [5, 5.41) is 0. The summed E-state index contributed by atoms with van der Waals surface area (Å²) in [6.45, 7) is 0. The standard InChI is InChI=1S/CHOSSe.Se/c2-1(3)4;/h(H,2,3);. The summed E-state index contributed by atoms with van der Waals surface area (Å²) in [6, 6.07) is 0. The zero-order chi connectivity index (χ0) is 3.58. The van der Waals surface area contributed by atoms with Crippen LogP contribution in [0.25, 0.3) is 0 Å². The predicted octanol–water partition coefficient (Wildman–Crippen LogP) is -0.176. The molecule has 1 nitrogen and oxygen atoms in total. The molecule has 0 unspecified atom stereocenters. The van der Waals surface area contributed by atoms with Crippen molar-refractivity contribution in [1.29, 1.82) is 0 Å². The second kappa shape index (κ2) is 5.06. The summed E-state index contributed by atoms with van der Waals surface area (Å²) in [6.07, 6.45) is 0. The Bertz CT molecular complexity index is 32.6. The second-order valence-corrected chi connectivity index (χ2v) is 2.13. The summed E-state index contributed by atoms with van der Waals surface area (Å²) < 4.78 is -0.264. The molecule has 0 atom stereocenters. The van der Waals surface area contributed by atoms with Gasteiger partial charge in [-0.2, -0.15) is 0 Å². The Hall–Kier alpha value is 1.06. The molecule has 3 radical (unpaired) electrons. The van der Waals surface area contributed by atoms with Gasteiger partial charge < -0.3 is 0 Å². The summed E-state index contributed by atoms with van der Waals surface area (Å²) in [7, 11) is 0. The molecule has 0 fully saturated rings. The molecule has 0 bridgehead atoms. The molecule has 0 saturated carbocycles.